The van der Waals surface area contributed by atoms with E-state index in [0.29, 0.717) is 19.4 Å². The van der Waals surface area contributed by atoms with Crippen molar-refractivity contribution in [2.24, 2.45) is 0 Å². The Hall–Kier alpha value is -2.30. The summed E-state index contributed by atoms with van der Waals surface area (Å²) in [4.78, 5) is 28.9. The second-order valence-electron chi connectivity index (χ2n) is 5.34. The Morgan fingerprint density at radius 1 is 1.38 bits per heavy atom. The predicted molar refractivity (Wildman–Crippen MR) is 78.8 cm³/mol. The summed E-state index contributed by atoms with van der Waals surface area (Å²) in [6, 6.07) is 7.49. The van der Waals surface area contributed by atoms with E-state index in [2.05, 4.69) is 4.98 Å². The number of rotatable bonds is 3. The molecule has 1 fully saturated rings. The van der Waals surface area contributed by atoms with Crippen LogP contribution in [0.2, 0.25) is 0 Å². The van der Waals surface area contributed by atoms with E-state index in [-0.39, 0.29) is 11.9 Å². The number of ether oxygens (including phenoxy) is 1. The standard InChI is InChI=1S/C16H18N2O3/c1-21-16(20)14-3-2-8-18(14)15(19)10-11-4-5-13-12(9-11)6-7-17-13/h4-7,9,14,17H,2-3,8,10H2,1H3. The summed E-state index contributed by atoms with van der Waals surface area (Å²) in [5, 5.41) is 1.09. The number of hydrogen-bond acceptors (Lipinski definition) is 3. The van der Waals surface area contributed by atoms with E-state index in [1.165, 1.54) is 7.11 Å². The van der Waals surface area contributed by atoms with Crippen LogP contribution in [0.1, 0.15) is 18.4 Å². The summed E-state index contributed by atoms with van der Waals surface area (Å²) in [6.07, 6.45) is 3.73. The van der Waals surface area contributed by atoms with Gasteiger partial charge in [-0.1, -0.05) is 6.07 Å². The molecular formula is C16H18N2O3. The Kier molecular flexibility index (Phi) is 3.64. The van der Waals surface area contributed by atoms with Crippen molar-refractivity contribution in [3.05, 3.63) is 36.0 Å². The molecule has 1 aromatic heterocycles. The van der Waals surface area contributed by atoms with Crippen molar-refractivity contribution in [2.45, 2.75) is 25.3 Å². The summed E-state index contributed by atoms with van der Waals surface area (Å²) >= 11 is 0. The average molecular weight is 286 g/mol. The molecule has 0 aliphatic carbocycles. The van der Waals surface area contributed by atoms with Gasteiger partial charge in [-0.2, -0.15) is 0 Å². The van der Waals surface area contributed by atoms with Gasteiger partial charge in [0, 0.05) is 18.3 Å². The van der Waals surface area contributed by atoms with Crippen molar-refractivity contribution in [2.75, 3.05) is 13.7 Å². The molecule has 1 N–H and O–H groups in total. The van der Waals surface area contributed by atoms with Gasteiger partial charge in [0.1, 0.15) is 6.04 Å². The highest BCUT2D eigenvalue weighted by atomic mass is 16.5. The molecule has 1 saturated heterocycles. The highest BCUT2D eigenvalue weighted by Gasteiger charge is 2.34. The maximum absolute atomic E-state index is 12.4. The van der Waals surface area contributed by atoms with Gasteiger partial charge in [-0.3, -0.25) is 4.79 Å². The Balaban J connectivity index is 1.74. The number of amides is 1. The molecule has 1 aliphatic heterocycles. The second-order valence-corrected chi connectivity index (χ2v) is 5.34. The van der Waals surface area contributed by atoms with Gasteiger partial charge in [0.05, 0.1) is 13.5 Å². The fraction of sp³-hybridized carbons (Fsp3) is 0.375. The summed E-state index contributed by atoms with van der Waals surface area (Å²) in [7, 11) is 1.36. The zero-order valence-electron chi connectivity index (χ0n) is 12.0. The zero-order chi connectivity index (χ0) is 14.8. The van der Waals surface area contributed by atoms with Crippen LogP contribution in [0.3, 0.4) is 0 Å². The number of nitrogens with zero attached hydrogens (tertiary/aromatic N) is 1. The summed E-state index contributed by atoms with van der Waals surface area (Å²) in [6.45, 7) is 0.630. The first-order valence-electron chi connectivity index (χ1n) is 7.12. The molecule has 1 atom stereocenters. The van der Waals surface area contributed by atoms with Crippen LogP contribution in [0.5, 0.6) is 0 Å². The predicted octanol–water partition coefficient (Wildman–Crippen LogP) is 1.87. The maximum atomic E-state index is 12.4. The van der Waals surface area contributed by atoms with Crippen molar-refractivity contribution in [3.63, 3.8) is 0 Å². The van der Waals surface area contributed by atoms with Gasteiger partial charge < -0.3 is 14.6 Å². The summed E-state index contributed by atoms with van der Waals surface area (Å²) in [5.74, 6) is -0.334. The molecule has 2 aromatic rings. The highest BCUT2D eigenvalue weighted by molar-refractivity contribution is 5.87. The number of likely N-dealkylation sites (tertiary alicyclic amines) is 1. The SMILES string of the molecule is COC(=O)C1CCCN1C(=O)Cc1ccc2[nH]ccc2c1. The van der Waals surface area contributed by atoms with Crippen molar-refractivity contribution >= 4 is 22.8 Å². The fourth-order valence-corrected chi connectivity index (χ4v) is 2.94. The molecular weight excluding hydrogens is 268 g/mol. The molecule has 2 heterocycles. The Morgan fingerprint density at radius 2 is 2.24 bits per heavy atom. The van der Waals surface area contributed by atoms with Crippen LogP contribution < -0.4 is 0 Å². The Morgan fingerprint density at radius 3 is 3.05 bits per heavy atom. The van der Waals surface area contributed by atoms with Gasteiger partial charge >= 0.3 is 5.97 Å². The van der Waals surface area contributed by atoms with Gasteiger partial charge in [-0.15, -0.1) is 0 Å². The maximum Gasteiger partial charge on any atom is 0.328 e. The van der Waals surface area contributed by atoms with E-state index in [4.69, 9.17) is 4.74 Å². The number of methoxy groups -OCH3 is 1. The molecule has 0 radical (unpaired) electrons. The lowest BCUT2D eigenvalue weighted by atomic mass is 10.1. The first-order chi connectivity index (χ1) is 10.2. The zero-order valence-corrected chi connectivity index (χ0v) is 12.0. The number of nitrogens with one attached hydrogen (secondary N) is 1. The number of fused-ring (bicyclic) bond motifs is 1. The minimum atomic E-state index is -0.418. The Labute approximate surface area is 122 Å². The molecule has 0 saturated carbocycles. The number of hydrogen-bond donors (Lipinski definition) is 1. The largest absolute Gasteiger partial charge is 0.467 e. The van der Waals surface area contributed by atoms with Crippen LogP contribution in [-0.2, 0) is 20.7 Å². The third-order valence-corrected chi connectivity index (χ3v) is 4.02. The molecule has 3 rings (SSSR count). The van der Waals surface area contributed by atoms with Crippen LogP contribution in [0.25, 0.3) is 10.9 Å². The van der Waals surface area contributed by atoms with Crippen molar-refractivity contribution in [3.8, 4) is 0 Å². The monoisotopic (exact) mass is 286 g/mol. The van der Waals surface area contributed by atoms with Crippen LogP contribution in [0.4, 0.5) is 0 Å². The van der Waals surface area contributed by atoms with E-state index in [1.54, 1.807) is 4.90 Å². The van der Waals surface area contributed by atoms with E-state index in [9.17, 15) is 9.59 Å². The number of carbonyl (C=O) groups is 2. The van der Waals surface area contributed by atoms with Crippen LogP contribution in [0, 0.1) is 0 Å². The topological polar surface area (TPSA) is 62.4 Å². The minimum Gasteiger partial charge on any atom is -0.467 e. The van der Waals surface area contributed by atoms with Crippen molar-refractivity contribution < 1.29 is 14.3 Å². The van der Waals surface area contributed by atoms with Gasteiger partial charge in [-0.25, -0.2) is 4.79 Å². The normalized spacial score (nSPS) is 18.1. The summed E-state index contributed by atoms with van der Waals surface area (Å²) in [5.41, 5.74) is 2.02. The minimum absolute atomic E-state index is 0.0159. The number of aromatic amines is 1. The first kappa shape index (κ1) is 13.7. The van der Waals surface area contributed by atoms with Crippen molar-refractivity contribution in [1.82, 2.24) is 9.88 Å². The molecule has 1 unspecified atom stereocenters. The molecule has 1 amide bonds. The van der Waals surface area contributed by atoms with Crippen LogP contribution in [0.15, 0.2) is 30.5 Å². The van der Waals surface area contributed by atoms with Crippen LogP contribution >= 0.6 is 0 Å². The van der Waals surface area contributed by atoms with Crippen molar-refractivity contribution in [1.29, 1.82) is 0 Å². The number of benzene rings is 1. The number of aromatic nitrogens is 1. The number of H-pyrrole nitrogens is 1. The van der Waals surface area contributed by atoms with Crippen LogP contribution in [-0.4, -0.2) is 41.5 Å². The molecule has 0 spiro atoms. The number of esters is 1. The smallest absolute Gasteiger partial charge is 0.328 e. The lowest BCUT2D eigenvalue weighted by molar-refractivity contribution is -0.150. The van der Waals surface area contributed by atoms with Gasteiger partial charge in [-0.05, 0) is 42.0 Å². The first-order valence-corrected chi connectivity index (χ1v) is 7.12. The fourth-order valence-electron chi connectivity index (χ4n) is 2.94. The molecule has 1 aromatic carbocycles. The summed E-state index contributed by atoms with van der Waals surface area (Å²) < 4.78 is 4.78. The quantitative estimate of drug-likeness (QED) is 0.876. The van der Waals surface area contributed by atoms with E-state index < -0.39 is 6.04 Å². The van der Waals surface area contributed by atoms with Gasteiger partial charge in [0.2, 0.25) is 5.91 Å². The third kappa shape index (κ3) is 2.63. The molecule has 5 nitrogen and oxygen atoms in total. The number of carbonyl (C=O) groups excluding carboxylic acids is 2. The lowest BCUT2D eigenvalue weighted by Crippen LogP contribution is -2.41. The lowest BCUT2D eigenvalue weighted by Gasteiger charge is -2.22. The molecule has 1 aliphatic rings. The van der Waals surface area contributed by atoms with E-state index >= 15 is 0 Å². The Bertz CT molecular complexity index is 677. The second kappa shape index (κ2) is 5.60. The average Bonchev–Trinajstić information content (AvgIpc) is 3.14. The molecule has 21 heavy (non-hydrogen) atoms. The third-order valence-electron chi connectivity index (χ3n) is 4.02. The molecule has 0 bridgehead atoms. The van der Waals surface area contributed by atoms with Gasteiger partial charge in [0.25, 0.3) is 0 Å². The molecule has 5 heteroatoms. The highest BCUT2D eigenvalue weighted by Crippen LogP contribution is 2.21. The molecule has 110 valence electrons. The van der Waals surface area contributed by atoms with Gasteiger partial charge in [0.15, 0.2) is 0 Å². The van der Waals surface area contributed by atoms with E-state index in [1.807, 2.05) is 30.5 Å². The van der Waals surface area contributed by atoms with E-state index in [0.717, 1.165) is 22.9 Å².